The molecule has 258 valence electrons. The fraction of sp³-hybridized carbons (Fsp3) is 0.844. The van der Waals surface area contributed by atoms with Crippen molar-refractivity contribution in [2.24, 2.45) is 4.99 Å². The zero-order valence-corrected chi connectivity index (χ0v) is 28.1. The quantitative estimate of drug-likeness (QED) is 0.0521. The van der Waals surface area contributed by atoms with E-state index in [1.165, 1.54) is 89.3 Å². The van der Waals surface area contributed by atoms with E-state index < -0.39 is 44.7 Å². The van der Waals surface area contributed by atoms with E-state index in [1.54, 1.807) is 6.34 Å². The molecule has 0 aromatic carbocycles. The van der Waals surface area contributed by atoms with Crippen molar-refractivity contribution in [3.63, 3.8) is 0 Å². The lowest BCUT2D eigenvalue weighted by Crippen LogP contribution is -2.36. The second-order valence-electron chi connectivity index (χ2n) is 12.4. The van der Waals surface area contributed by atoms with Crippen LogP contribution in [0.15, 0.2) is 22.1 Å². The number of hydrogen-bond acceptors (Lipinski definition) is 9. The van der Waals surface area contributed by atoms with Crippen LogP contribution >= 0.6 is 7.82 Å². The molecule has 45 heavy (non-hydrogen) atoms. The summed E-state index contributed by atoms with van der Waals surface area (Å²) in [6, 6.07) is 1.51. The molecule has 0 spiro atoms. The second kappa shape index (κ2) is 21.3. The van der Waals surface area contributed by atoms with Crippen molar-refractivity contribution in [1.82, 2.24) is 14.5 Å². The summed E-state index contributed by atoms with van der Waals surface area (Å²) in [4.78, 5) is 32.8. The van der Waals surface area contributed by atoms with Crippen molar-refractivity contribution in [1.29, 1.82) is 0 Å². The fourth-order valence-electron chi connectivity index (χ4n) is 5.80. The molecule has 0 aliphatic carbocycles. The van der Waals surface area contributed by atoms with Crippen LogP contribution < -0.4 is 5.69 Å². The standard InChI is InChI=1S/C32H57N4O8P/c1-2-3-4-5-6-7-8-9-10-11-12-13-14-15-16-19-24-42-45(40,41)43-25-27-29(37)30(38)31(44-27)36-23-20-28(34-32(36)39)33-26-35-21-17-18-22-35/h20,23,26-27,29-31,37-38H,2-19,21-22,24-25H2,1H3,(H,40,41)/t27-,29?,30?,31-/m1/s1. The Hall–Kier alpha value is -1.66. The van der Waals surface area contributed by atoms with Crippen LogP contribution in [0.25, 0.3) is 0 Å². The summed E-state index contributed by atoms with van der Waals surface area (Å²) in [5.41, 5.74) is -0.709. The number of ether oxygens (including phenoxy) is 1. The molecule has 1 aromatic heterocycles. The van der Waals surface area contributed by atoms with Gasteiger partial charge in [-0.25, -0.2) is 14.4 Å². The maximum Gasteiger partial charge on any atom is 0.472 e. The highest BCUT2D eigenvalue weighted by molar-refractivity contribution is 7.47. The Kier molecular flexibility index (Phi) is 17.9. The van der Waals surface area contributed by atoms with E-state index in [9.17, 15) is 24.5 Å². The molecule has 1 aromatic rings. The molecule has 3 heterocycles. The highest BCUT2D eigenvalue weighted by atomic mass is 31.2. The van der Waals surface area contributed by atoms with Gasteiger partial charge in [0.2, 0.25) is 0 Å². The average molecular weight is 657 g/mol. The number of nitrogens with zero attached hydrogens (tertiary/aromatic N) is 4. The molecule has 2 fully saturated rings. The first-order chi connectivity index (χ1) is 21.8. The first-order valence-corrected chi connectivity index (χ1v) is 18.8. The van der Waals surface area contributed by atoms with Gasteiger partial charge in [0.05, 0.1) is 19.6 Å². The summed E-state index contributed by atoms with van der Waals surface area (Å²) in [6.45, 7) is 3.66. The van der Waals surface area contributed by atoms with E-state index in [0.29, 0.717) is 6.42 Å². The number of aliphatic hydroxyl groups is 2. The van der Waals surface area contributed by atoms with Crippen LogP contribution in [0.4, 0.5) is 5.82 Å². The maximum absolute atomic E-state index is 12.6. The van der Waals surface area contributed by atoms with Gasteiger partial charge >= 0.3 is 13.5 Å². The molecule has 12 nitrogen and oxygen atoms in total. The summed E-state index contributed by atoms with van der Waals surface area (Å²) >= 11 is 0. The van der Waals surface area contributed by atoms with E-state index in [-0.39, 0.29) is 12.4 Å². The summed E-state index contributed by atoms with van der Waals surface area (Å²) in [6.07, 6.45) is 19.7. The van der Waals surface area contributed by atoms with Gasteiger partial charge < -0.3 is 24.7 Å². The molecule has 2 aliphatic rings. The second-order valence-corrected chi connectivity index (χ2v) is 13.9. The smallest absolute Gasteiger partial charge is 0.387 e. The third-order valence-corrected chi connectivity index (χ3v) is 9.56. The van der Waals surface area contributed by atoms with Crippen LogP contribution in [0.2, 0.25) is 0 Å². The van der Waals surface area contributed by atoms with Crippen molar-refractivity contribution in [3.8, 4) is 0 Å². The molecule has 2 aliphatic heterocycles. The van der Waals surface area contributed by atoms with Crippen LogP contribution in [0.5, 0.6) is 0 Å². The molecule has 2 saturated heterocycles. The number of aromatic nitrogens is 2. The normalized spacial score (nSPS) is 23.3. The zero-order valence-electron chi connectivity index (χ0n) is 27.2. The molecule has 0 saturated carbocycles. The van der Waals surface area contributed by atoms with Gasteiger partial charge in [0, 0.05) is 19.3 Å². The number of unbranched alkanes of at least 4 members (excludes halogenated alkanes) is 15. The Morgan fingerprint density at radius 1 is 0.911 bits per heavy atom. The van der Waals surface area contributed by atoms with Crippen molar-refractivity contribution >= 4 is 20.0 Å². The minimum atomic E-state index is -4.38. The Balaban J connectivity index is 1.23. The van der Waals surface area contributed by atoms with Crippen molar-refractivity contribution in [2.75, 3.05) is 26.3 Å². The lowest BCUT2D eigenvalue weighted by molar-refractivity contribution is -0.0551. The summed E-state index contributed by atoms with van der Waals surface area (Å²) in [5, 5.41) is 20.9. The minimum absolute atomic E-state index is 0.0825. The summed E-state index contributed by atoms with van der Waals surface area (Å²) < 4.78 is 29.2. The van der Waals surface area contributed by atoms with Gasteiger partial charge in [0.1, 0.15) is 18.3 Å². The molecule has 5 atom stereocenters. The molecule has 0 amide bonds. The number of phosphoric acid groups is 1. The number of phosphoric ester groups is 1. The Bertz CT molecular complexity index is 1080. The molecular formula is C32H57N4O8P. The van der Waals surface area contributed by atoms with Gasteiger partial charge in [-0.05, 0) is 25.3 Å². The fourth-order valence-corrected chi connectivity index (χ4v) is 6.57. The largest absolute Gasteiger partial charge is 0.472 e. The molecule has 0 bridgehead atoms. The molecule has 13 heteroatoms. The highest BCUT2D eigenvalue weighted by Gasteiger charge is 2.45. The molecule has 3 N–H and O–H groups in total. The van der Waals surface area contributed by atoms with Crippen LogP contribution in [0.3, 0.4) is 0 Å². The predicted molar refractivity (Wildman–Crippen MR) is 175 cm³/mol. The maximum atomic E-state index is 12.6. The van der Waals surface area contributed by atoms with E-state index >= 15 is 0 Å². The van der Waals surface area contributed by atoms with Gasteiger partial charge in [-0.15, -0.1) is 0 Å². The molecule has 3 unspecified atom stereocenters. The van der Waals surface area contributed by atoms with Gasteiger partial charge in [0.25, 0.3) is 0 Å². The third kappa shape index (κ3) is 14.3. The average Bonchev–Trinajstić information content (AvgIpc) is 3.64. The van der Waals surface area contributed by atoms with Crippen LogP contribution in [-0.4, -0.2) is 80.5 Å². The zero-order chi connectivity index (χ0) is 32.3. The highest BCUT2D eigenvalue weighted by Crippen LogP contribution is 2.44. The number of aliphatic hydroxyl groups excluding tert-OH is 2. The van der Waals surface area contributed by atoms with E-state index in [4.69, 9.17) is 13.8 Å². The van der Waals surface area contributed by atoms with E-state index in [2.05, 4.69) is 16.9 Å². The lowest BCUT2D eigenvalue weighted by Gasteiger charge is -2.18. The van der Waals surface area contributed by atoms with E-state index in [1.807, 2.05) is 4.90 Å². The van der Waals surface area contributed by atoms with Crippen LogP contribution in [0.1, 0.15) is 129 Å². The Labute approximate surface area is 268 Å². The van der Waals surface area contributed by atoms with Crippen molar-refractivity contribution in [3.05, 3.63) is 22.7 Å². The number of hydrogen-bond donors (Lipinski definition) is 3. The SMILES string of the molecule is CCCCCCCCCCCCCCCCCCOP(=O)(O)OC[C@H]1O[C@@H](n2ccc(N=CN3CCCC3)nc2=O)C(O)C1O. The molecule has 3 rings (SSSR count). The van der Waals surface area contributed by atoms with Crippen molar-refractivity contribution < 1.29 is 33.5 Å². The van der Waals surface area contributed by atoms with Crippen LogP contribution in [0, 0.1) is 0 Å². The number of likely N-dealkylation sites (tertiary alicyclic amines) is 1. The molecular weight excluding hydrogens is 599 g/mol. The van der Waals surface area contributed by atoms with Gasteiger partial charge in [-0.1, -0.05) is 103 Å². The minimum Gasteiger partial charge on any atom is -0.387 e. The van der Waals surface area contributed by atoms with Gasteiger partial charge in [-0.2, -0.15) is 4.98 Å². The lowest BCUT2D eigenvalue weighted by atomic mass is 10.0. The monoisotopic (exact) mass is 656 g/mol. The number of rotatable bonds is 24. The van der Waals surface area contributed by atoms with Gasteiger partial charge in [-0.3, -0.25) is 13.6 Å². The van der Waals surface area contributed by atoms with E-state index in [0.717, 1.165) is 49.8 Å². The Morgan fingerprint density at radius 3 is 2.02 bits per heavy atom. The third-order valence-electron chi connectivity index (χ3n) is 8.57. The van der Waals surface area contributed by atoms with Crippen LogP contribution in [-0.2, 0) is 18.3 Å². The first-order valence-electron chi connectivity index (χ1n) is 17.3. The first kappa shape index (κ1) is 37.8. The van der Waals surface area contributed by atoms with Gasteiger partial charge in [0.15, 0.2) is 12.0 Å². The number of aliphatic imine (C=N–C) groups is 1. The summed E-state index contributed by atoms with van der Waals surface area (Å²) in [5.74, 6) is 0.221. The Morgan fingerprint density at radius 2 is 1.47 bits per heavy atom. The summed E-state index contributed by atoms with van der Waals surface area (Å²) in [7, 11) is -4.38. The topological polar surface area (TPSA) is 156 Å². The molecule has 0 radical (unpaired) electrons. The predicted octanol–water partition coefficient (Wildman–Crippen LogP) is 6.01. The van der Waals surface area contributed by atoms with Crippen molar-refractivity contribution in [2.45, 2.75) is 147 Å².